The number of nitrogens with zero attached hydrogens (tertiary/aromatic N) is 2. The highest BCUT2D eigenvalue weighted by molar-refractivity contribution is 5.23. The van der Waals surface area contributed by atoms with Crippen molar-refractivity contribution in [1.29, 1.82) is 0 Å². The van der Waals surface area contributed by atoms with Crippen molar-refractivity contribution < 1.29 is 9.36 Å². The van der Waals surface area contributed by atoms with Crippen LogP contribution in [0.2, 0.25) is 0 Å². The molecule has 6 heteroatoms. The molecular formula is C11H14N4O2. The van der Waals surface area contributed by atoms with Crippen molar-refractivity contribution in [2.75, 3.05) is 17.8 Å². The van der Waals surface area contributed by atoms with Crippen LogP contribution < -0.4 is 11.2 Å². The lowest BCUT2D eigenvalue weighted by atomic mass is 10.1. The molecule has 1 aromatic heterocycles. The number of nitrogen functional groups attached to an aromatic ring is 1. The summed E-state index contributed by atoms with van der Waals surface area (Å²) in [6, 6.07) is 10.2. The predicted octanol–water partition coefficient (Wildman–Crippen LogP) is 1.63. The van der Waals surface area contributed by atoms with Gasteiger partial charge in [-0.15, -0.1) is 0 Å². The first-order valence-electron chi connectivity index (χ1n) is 5.35. The molecule has 6 nitrogen and oxygen atoms in total. The third-order valence-corrected chi connectivity index (χ3v) is 2.16. The summed E-state index contributed by atoms with van der Waals surface area (Å²) in [7, 11) is 0. The molecule has 0 saturated heterocycles. The third kappa shape index (κ3) is 3.76. The van der Waals surface area contributed by atoms with Crippen LogP contribution in [0.25, 0.3) is 0 Å². The standard InChI is InChI=1S/C11H14N4O2/c12-10-13-11(15-17-10)14-16-8-4-7-9-5-2-1-3-6-9/h1-3,5-6H,4,7-8H2,(H3,12,13,14,15). The SMILES string of the molecule is Nc1nc(NOCCCc2ccccc2)no1. The maximum Gasteiger partial charge on any atom is 0.320 e. The minimum absolute atomic E-state index is 0.0142. The van der Waals surface area contributed by atoms with Crippen LogP contribution in [0.5, 0.6) is 0 Å². The Labute approximate surface area is 98.7 Å². The molecule has 2 aromatic rings. The van der Waals surface area contributed by atoms with Crippen LogP contribution in [-0.4, -0.2) is 16.7 Å². The van der Waals surface area contributed by atoms with Crippen molar-refractivity contribution in [2.45, 2.75) is 12.8 Å². The first kappa shape index (κ1) is 11.4. The molecule has 1 aromatic carbocycles. The lowest BCUT2D eigenvalue weighted by Gasteiger charge is -2.02. The van der Waals surface area contributed by atoms with Gasteiger partial charge in [-0.1, -0.05) is 30.3 Å². The van der Waals surface area contributed by atoms with E-state index in [2.05, 4.69) is 32.3 Å². The van der Waals surface area contributed by atoms with E-state index in [9.17, 15) is 0 Å². The van der Waals surface area contributed by atoms with E-state index >= 15 is 0 Å². The average Bonchev–Trinajstić information content (AvgIpc) is 2.76. The number of anilines is 2. The largest absolute Gasteiger partial charge is 0.351 e. The van der Waals surface area contributed by atoms with Crippen LogP contribution in [-0.2, 0) is 11.3 Å². The smallest absolute Gasteiger partial charge is 0.320 e. The molecular weight excluding hydrogens is 220 g/mol. The highest BCUT2D eigenvalue weighted by Gasteiger charge is 2.00. The number of aryl methyl sites for hydroxylation is 1. The summed E-state index contributed by atoms with van der Waals surface area (Å²) >= 11 is 0. The van der Waals surface area contributed by atoms with Crippen LogP contribution in [0, 0.1) is 0 Å². The Bertz CT molecular complexity index is 444. The molecule has 1 heterocycles. The predicted molar refractivity (Wildman–Crippen MR) is 63.0 cm³/mol. The van der Waals surface area contributed by atoms with Gasteiger partial charge in [-0.2, -0.15) is 4.98 Å². The molecule has 0 bridgehead atoms. The van der Waals surface area contributed by atoms with E-state index in [0.29, 0.717) is 6.61 Å². The van der Waals surface area contributed by atoms with Crippen molar-refractivity contribution >= 4 is 12.0 Å². The minimum Gasteiger partial charge on any atom is -0.351 e. The molecule has 0 aliphatic heterocycles. The fourth-order valence-electron chi connectivity index (χ4n) is 1.39. The van der Waals surface area contributed by atoms with Gasteiger partial charge in [0.2, 0.25) is 0 Å². The summed E-state index contributed by atoms with van der Waals surface area (Å²) in [6.07, 6.45) is 1.88. The van der Waals surface area contributed by atoms with Crippen LogP contribution in [0.3, 0.4) is 0 Å². The summed E-state index contributed by atoms with van der Waals surface area (Å²) in [6.45, 7) is 0.559. The zero-order valence-electron chi connectivity index (χ0n) is 9.30. The van der Waals surface area contributed by atoms with E-state index in [1.54, 1.807) is 0 Å². The third-order valence-electron chi connectivity index (χ3n) is 2.16. The number of nitrogens with two attached hydrogens (primary N) is 1. The van der Waals surface area contributed by atoms with Crippen LogP contribution >= 0.6 is 0 Å². The summed E-state index contributed by atoms with van der Waals surface area (Å²) in [5.74, 6) is 0.238. The molecule has 0 saturated carbocycles. The fraction of sp³-hybridized carbons (Fsp3) is 0.273. The molecule has 0 spiro atoms. The normalized spacial score (nSPS) is 10.4. The second-order valence-corrected chi connectivity index (χ2v) is 3.50. The molecule has 0 unspecified atom stereocenters. The van der Waals surface area contributed by atoms with Gasteiger partial charge in [-0.05, 0) is 23.6 Å². The Morgan fingerprint density at radius 2 is 2.12 bits per heavy atom. The molecule has 0 atom stereocenters. The molecule has 0 amide bonds. The number of aromatic nitrogens is 2. The summed E-state index contributed by atoms with van der Waals surface area (Å²) in [5, 5.41) is 3.52. The van der Waals surface area contributed by atoms with Gasteiger partial charge >= 0.3 is 6.01 Å². The van der Waals surface area contributed by atoms with Gasteiger partial charge in [0, 0.05) is 0 Å². The number of benzene rings is 1. The van der Waals surface area contributed by atoms with E-state index in [-0.39, 0.29) is 12.0 Å². The van der Waals surface area contributed by atoms with Crippen molar-refractivity contribution in [2.24, 2.45) is 0 Å². The molecule has 0 aliphatic carbocycles. The van der Waals surface area contributed by atoms with Gasteiger partial charge in [-0.25, -0.2) is 5.48 Å². The number of hydrogen-bond acceptors (Lipinski definition) is 6. The Morgan fingerprint density at radius 3 is 2.82 bits per heavy atom. The van der Waals surface area contributed by atoms with Crippen molar-refractivity contribution in [3.05, 3.63) is 35.9 Å². The first-order chi connectivity index (χ1) is 8.34. The van der Waals surface area contributed by atoms with Gasteiger partial charge in [-0.3, -0.25) is 4.84 Å². The number of hydrogen-bond donors (Lipinski definition) is 2. The fourth-order valence-corrected chi connectivity index (χ4v) is 1.39. The van der Waals surface area contributed by atoms with E-state index in [1.165, 1.54) is 5.56 Å². The molecule has 0 radical (unpaired) electrons. The Balaban J connectivity index is 1.61. The van der Waals surface area contributed by atoms with E-state index in [0.717, 1.165) is 12.8 Å². The summed E-state index contributed by atoms with van der Waals surface area (Å²) < 4.78 is 4.57. The number of rotatable bonds is 6. The molecule has 90 valence electrons. The summed E-state index contributed by atoms with van der Waals surface area (Å²) in [5.41, 5.74) is 9.10. The molecule has 17 heavy (non-hydrogen) atoms. The molecule has 0 fully saturated rings. The Hall–Kier alpha value is -2.08. The topological polar surface area (TPSA) is 86.2 Å². The van der Waals surface area contributed by atoms with Crippen LogP contribution in [0.4, 0.5) is 12.0 Å². The maximum atomic E-state index is 5.25. The van der Waals surface area contributed by atoms with Gasteiger partial charge in [0.05, 0.1) is 6.61 Å². The highest BCUT2D eigenvalue weighted by Crippen LogP contribution is 2.04. The zero-order valence-corrected chi connectivity index (χ0v) is 9.30. The zero-order chi connectivity index (χ0) is 11.9. The van der Waals surface area contributed by atoms with E-state index in [1.807, 2.05) is 18.2 Å². The van der Waals surface area contributed by atoms with E-state index < -0.39 is 0 Å². The van der Waals surface area contributed by atoms with Crippen molar-refractivity contribution in [3.8, 4) is 0 Å². The minimum atomic E-state index is 0.0142. The lowest BCUT2D eigenvalue weighted by molar-refractivity contribution is 0.186. The van der Waals surface area contributed by atoms with Gasteiger partial charge < -0.3 is 10.3 Å². The van der Waals surface area contributed by atoms with Crippen molar-refractivity contribution in [3.63, 3.8) is 0 Å². The van der Waals surface area contributed by atoms with Gasteiger partial charge in [0.25, 0.3) is 5.95 Å². The molecule has 0 aliphatic rings. The molecule has 3 N–H and O–H groups in total. The number of nitrogens with one attached hydrogen (secondary N) is 1. The summed E-state index contributed by atoms with van der Waals surface area (Å²) in [4.78, 5) is 8.89. The first-order valence-corrected chi connectivity index (χ1v) is 5.35. The lowest BCUT2D eigenvalue weighted by Crippen LogP contribution is -2.05. The second-order valence-electron chi connectivity index (χ2n) is 3.50. The second kappa shape index (κ2) is 5.86. The Kier molecular flexibility index (Phi) is 3.93. The van der Waals surface area contributed by atoms with E-state index in [4.69, 9.17) is 10.6 Å². The average molecular weight is 234 g/mol. The monoisotopic (exact) mass is 234 g/mol. The molecule has 2 rings (SSSR count). The van der Waals surface area contributed by atoms with Crippen LogP contribution in [0.15, 0.2) is 34.9 Å². The van der Waals surface area contributed by atoms with Crippen molar-refractivity contribution in [1.82, 2.24) is 10.1 Å². The highest BCUT2D eigenvalue weighted by atomic mass is 16.6. The van der Waals surface area contributed by atoms with Gasteiger partial charge in [0.1, 0.15) is 0 Å². The quantitative estimate of drug-likeness (QED) is 0.583. The van der Waals surface area contributed by atoms with Gasteiger partial charge in [0.15, 0.2) is 0 Å². The van der Waals surface area contributed by atoms with Crippen LogP contribution in [0.1, 0.15) is 12.0 Å². The Morgan fingerprint density at radius 1 is 1.29 bits per heavy atom. The maximum absolute atomic E-state index is 5.25.